The van der Waals surface area contributed by atoms with Gasteiger partial charge in [-0.15, -0.1) is 0 Å². The molecule has 2 saturated carbocycles. The van der Waals surface area contributed by atoms with Gasteiger partial charge in [-0.3, -0.25) is 0 Å². The summed E-state index contributed by atoms with van der Waals surface area (Å²) < 4.78 is 10.8. The number of benzene rings is 3. The van der Waals surface area contributed by atoms with E-state index < -0.39 is 0 Å². The molecule has 0 spiro atoms. The third-order valence-corrected chi connectivity index (χ3v) is 16.1. The summed E-state index contributed by atoms with van der Waals surface area (Å²) >= 11 is 0. The summed E-state index contributed by atoms with van der Waals surface area (Å²) in [5, 5.41) is 7.73. The molecule has 0 radical (unpaired) electrons. The highest BCUT2D eigenvalue weighted by molar-refractivity contribution is 5.32. The van der Waals surface area contributed by atoms with Gasteiger partial charge in [0.15, 0.2) is 0 Å². The predicted molar refractivity (Wildman–Crippen MR) is 315 cm³/mol. The van der Waals surface area contributed by atoms with Crippen LogP contribution in [0.2, 0.25) is 0 Å². The van der Waals surface area contributed by atoms with Gasteiger partial charge >= 0.3 is 0 Å². The molecule has 0 aromatic heterocycles. The first-order chi connectivity index (χ1) is 34.1. The number of hydrogen-bond donors (Lipinski definition) is 2. The highest BCUT2D eigenvalue weighted by Gasteiger charge is 2.29. The van der Waals surface area contributed by atoms with E-state index in [0.717, 1.165) is 63.0 Å². The second-order valence-corrected chi connectivity index (χ2v) is 25.5. The van der Waals surface area contributed by atoms with Crippen molar-refractivity contribution in [2.75, 3.05) is 26.9 Å². The lowest BCUT2D eigenvalue weighted by Gasteiger charge is -2.33. The van der Waals surface area contributed by atoms with Crippen LogP contribution >= 0.6 is 0 Å². The van der Waals surface area contributed by atoms with Crippen molar-refractivity contribution in [2.24, 2.45) is 17.8 Å². The molecule has 1 aliphatic heterocycles. The van der Waals surface area contributed by atoms with Gasteiger partial charge in [0.25, 0.3) is 0 Å². The van der Waals surface area contributed by atoms with Gasteiger partial charge in [0, 0.05) is 31.3 Å². The molecule has 3 aliphatic rings. The quantitative estimate of drug-likeness (QED) is 0.104. The van der Waals surface area contributed by atoms with Crippen LogP contribution in [-0.4, -0.2) is 45.0 Å². The lowest BCUT2D eigenvalue weighted by molar-refractivity contribution is 0.0754. The second kappa shape index (κ2) is 30.8. The van der Waals surface area contributed by atoms with E-state index in [1.807, 2.05) is 0 Å². The zero-order valence-corrected chi connectivity index (χ0v) is 49.1. The minimum absolute atomic E-state index is 0.155. The van der Waals surface area contributed by atoms with Crippen molar-refractivity contribution >= 4 is 0 Å². The molecule has 4 nitrogen and oxygen atoms in total. The van der Waals surface area contributed by atoms with Crippen LogP contribution in [0.1, 0.15) is 220 Å². The van der Waals surface area contributed by atoms with Crippen molar-refractivity contribution in [2.45, 2.75) is 240 Å². The topological polar surface area (TPSA) is 42.5 Å². The van der Waals surface area contributed by atoms with Crippen LogP contribution < -0.4 is 15.4 Å². The Morgan fingerprint density at radius 2 is 0.958 bits per heavy atom. The smallest absolute Gasteiger partial charge is 0.118 e. The number of hydrogen-bond acceptors (Lipinski definition) is 4. The minimum atomic E-state index is 0.155. The Morgan fingerprint density at radius 3 is 1.42 bits per heavy atom. The Morgan fingerprint density at radius 1 is 0.542 bits per heavy atom. The van der Waals surface area contributed by atoms with Crippen LogP contribution in [0.25, 0.3) is 0 Å². The molecule has 3 fully saturated rings. The molecule has 3 atom stereocenters. The highest BCUT2D eigenvalue weighted by Crippen LogP contribution is 2.38. The predicted octanol–water partition coefficient (Wildman–Crippen LogP) is 18.2. The van der Waals surface area contributed by atoms with Crippen LogP contribution in [0.5, 0.6) is 5.75 Å². The zero-order chi connectivity index (χ0) is 52.7. The van der Waals surface area contributed by atoms with Gasteiger partial charge < -0.3 is 20.1 Å². The number of nitrogens with one attached hydrogen (secondary N) is 2. The van der Waals surface area contributed by atoms with Gasteiger partial charge in [-0.25, -0.2) is 0 Å². The molecule has 2 N–H and O–H groups in total. The van der Waals surface area contributed by atoms with Gasteiger partial charge in [0.05, 0.1) is 7.11 Å². The molecule has 4 heteroatoms. The Balaban J connectivity index is 0.000000235. The fourth-order valence-corrected chi connectivity index (χ4v) is 12.0. The molecule has 0 bridgehead atoms. The maximum Gasteiger partial charge on any atom is 0.118 e. The van der Waals surface area contributed by atoms with Crippen molar-refractivity contribution in [1.82, 2.24) is 10.6 Å². The average Bonchev–Trinajstić information content (AvgIpc) is 3.32. The second-order valence-electron chi connectivity index (χ2n) is 25.5. The lowest BCUT2D eigenvalue weighted by Crippen LogP contribution is -2.43. The van der Waals surface area contributed by atoms with E-state index in [9.17, 15) is 0 Å². The largest absolute Gasteiger partial charge is 0.497 e. The molecular formula is C68H108N2O2. The SMILES string of the molecule is CC(C)=CC(CC(C)(C)c1ccc(C)cc1)NC1CCOCC1.CC(C)=CC(CC(C)(C)c1ccc(C)cc1)NCCC1CCCCC1.COc1ccc(C(C)(C)CC(C=C(C)C)CC2CCCCC2)cc1. The normalized spacial score (nSPS) is 17.5. The first-order valence-corrected chi connectivity index (χ1v) is 28.9. The molecule has 2 aliphatic carbocycles. The van der Waals surface area contributed by atoms with E-state index in [1.54, 1.807) is 7.11 Å². The standard InChI is InChI=1S/C24H39N.C23H36O.C21H33NO/c1-19(2)17-23(25-16-15-21-9-7-6-8-10-21)18-24(4,5)22-13-11-20(3)12-14-22;1-18(2)15-20(16-19-9-7-6-8-10-19)17-23(3,4)21-11-13-22(24-5)14-12-21;1-16(2)14-20(22-19-10-12-23-13-11-19)15-21(4,5)18-8-6-17(3)7-9-18/h11-14,17,21,23,25H,6-10,15-16,18H2,1-5H3;11-15,19-20H,6-10,16-17H2,1-5H3;6-9,14,19-20,22H,10-13,15H2,1-5H3. The summed E-state index contributed by atoms with van der Waals surface area (Å²) in [7, 11) is 1.73. The highest BCUT2D eigenvalue weighted by atomic mass is 16.5. The van der Waals surface area contributed by atoms with Crippen molar-refractivity contribution in [3.63, 3.8) is 0 Å². The van der Waals surface area contributed by atoms with E-state index >= 15 is 0 Å². The van der Waals surface area contributed by atoms with E-state index in [0.29, 0.717) is 24.0 Å². The molecule has 3 aromatic rings. The summed E-state index contributed by atoms with van der Waals surface area (Å²) in [5.41, 5.74) is 11.7. The van der Waals surface area contributed by atoms with Gasteiger partial charge in [-0.2, -0.15) is 0 Å². The van der Waals surface area contributed by atoms with Crippen molar-refractivity contribution < 1.29 is 9.47 Å². The maximum atomic E-state index is 5.49. The lowest BCUT2D eigenvalue weighted by atomic mass is 9.73. The Kier molecular flexibility index (Phi) is 26.2. The molecule has 0 amide bonds. The summed E-state index contributed by atoms with van der Waals surface area (Å²) in [6.07, 6.45) is 30.2. The summed E-state index contributed by atoms with van der Waals surface area (Å²) in [6, 6.07) is 28.2. The number of aryl methyl sites for hydroxylation is 2. The van der Waals surface area contributed by atoms with E-state index in [-0.39, 0.29) is 16.2 Å². The van der Waals surface area contributed by atoms with Crippen LogP contribution in [-0.2, 0) is 21.0 Å². The first-order valence-electron chi connectivity index (χ1n) is 28.9. The molecule has 6 rings (SSSR count). The maximum absolute atomic E-state index is 5.49. The molecule has 3 unspecified atom stereocenters. The number of rotatable bonds is 21. The molecule has 72 heavy (non-hydrogen) atoms. The first kappa shape index (κ1) is 61.1. The molecular weight excluding hydrogens is 877 g/mol. The Hall–Kier alpha value is -3.44. The molecule has 1 saturated heterocycles. The number of methoxy groups -OCH3 is 1. The third kappa shape index (κ3) is 23.0. The summed E-state index contributed by atoms with van der Waals surface area (Å²) in [6.45, 7) is 34.8. The van der Waals surface area contributed by atoms with E-state index in [2.05, 4.69) is 199 Å². The van der Waals surface area contributed by atoms with E-state index in [1.165, 1.54) is 128 Å². The average molecular weight is 986 g/mol. The van der Waals surface area contributed by atoms with Gasteiger partial charge in [-0.1, -0.05) is 212 Å². The monoisotopic (exact) mass is 985 g/mol. The van der Waals surface area contributed by atoms with Crippen LogP contribution in [0.15, 0.2) is 108 Å². The summed E-state index contributed by atoms with van der Waals surface area (Å²) in [4.78, 5) is 0. The van der Waals surface area contributed by atoms with Crippen molar-refractivity contribution in [3.05, 3.63) is 136 Å². The van der Waals surface area contributed by atoms with Crippen molar-refractivity contribution in [1.29, 1.82) is 0 Å². The Bertz CT molecular complexity index is 2020. The fraction of sp³-hybridized carbons (Fsp3) is 0.647. The van der Waals surface area contributed by atoms with Gasteiger partial charge in [0.2, 0.25) is 0 Å². The van der Waals surface area contributed by atoms with E-state index in [4.69, 9.17) is 9.47 Å². The van der Waals surface area contributed by atoms with Crippen molar-refractivity contribution in [3.8, 4) is 5.75 Å². The van der Waals surface area contributed by atoms with Gasteiger partial charge in [0.1, 0.15) is 5.75 Å². The van der Waals surface area contributed by atoms with Crippen LogP contribution in [0.4, 0.5) is 0 Å². The summed E-state index contributed by atoms with van der Waals surface area (Å²) in [5.74, 6) is 3.53. The fourth-order valence-electron chi connectivity index (χ4n) is 12.0. The van der Waals surface area contributed by atoms with Gasteiger partial charge in [-0.05, 0) is 170 Å². The third-order valence-electron chi connectivity index (χ3n) is 16.1. The molecule has 402 valence electrons. The van der Waals surface area contributed by atoms with Crippen LogP contribution in [0.3, 0.4) is 0 Å². The number of allylic oxidation sites excluding steroid dienone is 4. The Labute approximate surface area is 444 Å². The zero-order valence-electron chi connectivity index (χ0n) is 49.1. The minimum Gasteiger partial charge on any atom is -0.497 e. The number of ether oxygens (including phenoxy) is 2. The molecule has 3 aromatic carbocycles. The van der Waals surface area contributed by atoms with Crippen LogP contribution in [0, 0.1) is 31.6 Å². The molecule has 1 heterocycles.